The molecule has 4 aliphatic carbocycles. The van der Waals surface area contributed by atoms with Gasteiger partial charge in [-0.25, -0.2) is 0 Å². The number of alkyl halides is 5. The van der Waals surface area contributed by atoms with Crippen LogP contribution in [0.15, 0.2) is 10.1 Å². The molecule has 0 aromatic rings. The van der Waals surface area contributed by atoms with E-state index in [2.05, 4.69) is 0 Å². The molecule has 0 aromatic heterocycles. The standard InChI is InChI=1S/C12H9Cl7/c13-5-2-3-1-4(5)7-6(3)10(16)8(14)9(15)11(7,17)12(10,18)19/h3-7H,1-2H2/t3-,4-,5-,6-,7+,10-,11-/m0/s1. The fourth-order valence-electron chi connectivity index (χ4n) is 4.97. The van der Waals surface area contributed by atoms with Crippen molar-refractivity contribution in [3.05, 3.63) is 10.1 Å². The molecule has 0 nitrogen and oxygen atoms in total. The van der Waals surface area contributed by atoms with E-state index < -0.39 is 14.1 Å². The molecule has 0 aromatic carbocycles. The van der Waals surface area contributed by atoms with Gasteiger partial charge in [0.2, 0.25) is 0 Å². The largest absolute Gasteiger partial charge is 0.166 e. The molecule has 0 unspecified atom stereocenters. The second-order valence-corrected chi connectivity index (χ2v) is 9.93. The van der Waals surface area contributed by atoms with Gasteiger partial charge in [0, 0.05) is 5.38 Å². The summed E-state index contributed by atoms with van der Waals surface area (Å²) >= 11 is 45.8. The molecule has 4 rings (SSSR count). The van der Waals surface area contributed by atoms with Gasteiger partial charge in [-0.1, -0.05) is 46.4 Å². The van der Waals surface area contributed by atoms with Crippen molar-refractivity contribution in [1.29, 1.82) is 0 Å². The Morgan fingerprint density at radius 3 is 1.95 bits per heavy atom. The van der Waals surface area contributed by atoms with E-state index in [1.54, 1.807) is 0 Å². The molecule has 3 fully saturated rings. The molecule has 0 heterocycles. The van der Waals surface area contributed by atoms with Crippen molar-refractivity contribution < 1.29 is 0 Å². The van der Waals surface area contributed by atoms with Crippen LogP contribution < -0.4 is 0 Å². The number of fused-ring (bicyclic) bond motifs is 9. The van der Waals surface area contributed by atoms with Crippen LogP contribution in [0.3, 0.4) is 0 Å². The van der Waals surface area contributed by atoms with Gasteiger partial charge in [0.05, 0.1) is 10.1 Å². The third-order valence-electron chi connectivity index (χ3n) is 5.59. The van der Waals surface area contributed by atoms with Crippen LogP contribution in [0.2, 0.25) is 0 Å². The third kappa shape index (κ3) is 1.21. The molecule has 7 heteroatoms. The van der Waals surface area contributed by atoms with Crippen molar-refractivity contribution in [2.75, 3.05) is 0 Å². The number of hydrogen-bond donors (Lipinski definition) is 0. The van der Waals surface area contributed by atoms with Crippen molar-refractivity contribution >= 4 is 81.2 Å². The third-order valence-corrected chi connectivity index (χ3v) is 10.4. The van der Waals surface area contributed by atoms with Crippen LogP contribution in [0.25, 0.3) is 0 Å². The Morgan fingerprint density at radius 2 is 1.37 bits per heavy atom. The molecular formula is C12H9Cl7. The minimum atomic E-state index is -1.40. The van der Waals surface area contributed by atoms with Gasteiger partial charge in [0.1, 0.15) is 9.75 Å². The van der Waals surface area contributed by atoms with Gasteiger partial charge >= 0.3 is 0 Å². The highest BCUT2D eigenvalue weighted by atomic mass is 35.5. The summed E-state index contributed by atoms with van der Waals surface area (Å²) in [5.41, 5.74) is 0. The Labute approximate surface area is 146 Å². The first-order chi connectivity index (χ1) is 8.69. The first kappa shape index (κ1) is 14.4. The molecule has 7 atom stereocenters. The summed E-state index contributed by atoms with van der Waals surface area (Å²) in [6.45, 7) is 0. The summed E-state index contributed by atoms with van der Waals surface area (Å²) in [5, 5.41) is 0.707. The number of allylic oxidation sites excluding steroid dienone is 2. The average Bonchev–Trinajstić information content (AvgIpc) is 2.95. The monoisotopic (exact) mass is 398 g/mol. The number of halogens is 7. The minimum absolute atomic E-state index is 0.00193. The average molecular weight is 401 g/mol. The summed E-state index contributed by atoms with van der Waals surface area (Å²) in [7, 11) is 0. The minimum Gasteiger partial charge on any atom is -0.123 e. The fraction of sp³-hybridized carbons (Fsp3) is 0.833. The molecule has 0 N–H and O–H groups in total. The maximum Gasteiger partial charge on any atom is 0.166 e. The number of hydrogen-bond acceptors (Lipinski definition) is 0. The van der Waals surface area contributed by atoms with Gasteiger partial charge in [-0.15, -0.1) is 34.8 Å². The van der Waals surface area contributed by atoms with E-state index >= 15 is 0 Å². The van der Waals surface area contributed by atoms with Gasteiger partial charge in [-0.05, 0) is 36.5 Å². The van der Waals surface area contributed by atoms with Gasteiger partial charge < -0.3 is 0 Å². The van der Waals surface area contributed by atoms with E-state index in [-0.39, 0.29) is 23.1 Å². The predicted octanol–water partition coefficient (Wildman–Crippen LogP) is 5.71. The van der Waals surface area contributed by atoms with E-state index in [0.29, 0.717) is 16.0 Å². The Balaban J connectivity index is 1.99. The van der Waals surface area contributed by atoms with Crippen LogP contribution >= 0.6 is 81.2 Å². The quantitative estimate of drug-likeness (QED) is 0.360. The second kappa shape index (κ2) is 3.81. The molecule has 0 amide bonds. The summed E-state index contributed by atoms with van der Waals surface area (Å²) in [6.07, 6.45) is 1.92. The summed E-state index contributed by atoms with van der Waals surface area (Å²) < 4.78 is -1.40. The molecule has 4 aliphatic rings. The SMILES string of the molecule is ClC1=C(Cl)[C@@]2(Cl)[C@H]3[C@H]4C[C@H]([C@H]3[C@@]1(Cl)C2(Cl)Cl)[C@@H](Cl)C4. The second-order valence-electron chi connectivity index (χ2n) is 6.09. The van der Waals surface area contributed by atoms with Crippen molar-refractivity contribution in [2.45, 2.75) is 32.3 Å². The molecule has 19 heavy (non-hydrogen) atoms. The highest BCUT2D eigenvalue weighted by molar-refractivity contribution is 6.65. The lowest BCUT2D eigenvalue weighted by atomic mass is 9.72. The molecule has 0 spiro atoms. The van der Waals surface area contributed by atoms with Crippen LogP contribution in [-0.2, 0) is 0 Å². The molecule has 0 saturated heterocycles. The van der Waals surface area contributed by atoms with Gasteiger partial charge in [0.25, 0.3) is 0 Å². The molecular weight excluding hydrogens is 392 g/mol. The van der Waals surface area contributed by atoms with Crippen molar-refractivity contribution in [3.8, 4) is 0 Å². The van der Waals surface area contributed by atoms with Gasteiger partial charge in [-0.2, -0.15) is 0 Å². The van der Waals surface area contributed by atoms with Crippen LogP contribution in [0.5, 0.6) is 0 Å². The lowest BCUT2D eigenvalue weighted by Gasteiger charge is -2.41. The van der Waals surface area contributed by atoms with Crippen molar-refractivity contribution in [3.63, 3.8) is 0 Å². The summed E-state index contributed by atoms with van der Waals surface area (Å²) in [5.74, 6) is 0.672. The van der Waals surface area contributed by atoms with E-state index in [9.17, 15) is 0 Å². The zero-order valence-corrected chi connectivity index (χ0v) is 14.7. The van der Waals surface area contributed by atoms with E-state index in [0.717, 1.165) is 12.8 Å². The van der Waals surface area contributed by atoms with E-state index in [1.165, 1.54) is 0 Å². The molecule has 3 saturated carbocycles. The predicted molar refractivity (Wildman–Crippen MR) is 83.2 cm³/mol. The smallest absolute Gasteiger partial charge is 0.123 e. The topological polar surface area (TPSA) is 0 Å². The van der Waals surface area contributed by atoms with Crippen molar-refractivity contribution in [1.82, 2.24) is 0 Å². The molecule has 4 bridgehead atoms. The Hall–Kier alpha value is 1.77. The number of rotatable bonds is 0. The maximum absolute atomic E-state index is 6.80. The Morgan fingerprint density at radius 1 is 0.842 bits per heavy atom. The lowest BCUT2D eigenvalue weighted by molar-refractivity contribution is 0.222. The maximum atomic E-state index is 6.80. The first-order valence-corrected chi connectivity index (χ1v) is 8.85. The van der Waals surface area contributed by atoms with E-state index in [1.807, 2.05) is 0 Å². The Bertz CT molecular complexity index is 514. The molecule has 0 radical (unpaired) electrons. The summed E-state index contributed by atoms with van der Waals surface area (Å²) in [6, 6.07) is 0. The zero-order chi connectivity index (χ0) is 14.0. The van der Waals surface area contributed by atoms with E-state index in [4.69, 9.17) is 81.2 Å². The molecule has 106 valence electrons. The van der Waals surface area contributed by atoms with Crippen LogP contribution in [-0.4, -0.2) is 19.5 Å². The van der Waals surface area contributed by atoms with Crippen molar-refractivity contribution in [2.24, 2.45) is 23.7 Å². The van der Waals surface area contributed by atoms with Crippen LogP contribution in [0, 0.1) is 23.7 Å². The lowest BCUT2D eigenvalue weighted by Crippen LogP contribution is -2.46. The molecule has 0 aliphatic heterocycles. The van der Waals surface area contributed by atoms with Gasteiger partial charge in [0.15, 0.2) is 4.33 Å². The van der Waals surface area contributed by atoms with Crippen LogP contribution in [0.4, 0.5) is 0 Å². The summed E-state index contributed by atoms with van der Waals surface area (Å²) in [4.78, 5) is -2.20. The fourth-order valence-corrected chi connectivity index (χ4v) is 8.61. The van der Waals surface area contributed by atoms with Gasteiger partial charge in [-0.3, -0.25) is 0 Å². The first-order valence-electron chi connectivity index (χ1n) is 6.15. The highest BCUT2D eigenvalue weighted by Gasteiger charge is 2.86. The normalized spacial score (nSPS) is 61.1. The highest BCUT2D eigenvalue weighted by Crippen LogP contribution is 2.82. The zero-order valence-electron chi connectivity index (χ0n) is 9.45. The Kier molecular flexibility index (Phi) is 2.88. The van der Waals surface area contributed by atoms with Crippen LogP contribution in [0.1, 0.15) is 12.8 Å².